The van der Waals surface area contributed by atoms with Gasteiger partial charge in [0.25, 0.3) is 0 Å². The lowest BCUT2D eigenvalue weighted by atomic mass is 10.1. The maximum absolute atomic E-state index is 12.0. The molecule has 1 saturated carbocycles. The molecule has 1 fully saturated rings. The minimum absolute atomic E-state index is 0.198. The van der Waals surface area contributed by atoms with Crippen LogP contribution in [0, 0.1) is 5.92 Å². The third kappa shape index (κ3) is 4.56. The van der Waals surface area contributed by atoms with Crippen LogP contribution in [-0.2, 0) is 14.8 Å². The molecule has 1 aromatic carbocycles. The first kappa shape index (κ1) is 15.4. The summed E-state index contributed by atoms with van der Waals surface area (Å²) in [5.41, 5.74) is 0.691. The Morgan fingerprint density at radius 2 is 2.00 bits per heavy atom. The summed E-state index contributed by atoms with van der Waals surface area (Å²) in [5.74, 6) is 0.680. The Labute approximate surface area is 120 Å². The number of rotatable bonds is 8. The standard InChI is InChI=1S/C14H21NO4S/c1-11(16)13-4-6-14(7-5-13)20(17,18)15-8-9-19-10-12-2-3-12/h4-7,11-12,15-16H,2-3,8-10H2,1H3. The number of ether oxygens (including phenoxy) is 1. The van der Waals surface area contributed by atoms with Crippen molar-refractivity contribution in [3.05, 3.63) is 29.8 Å². The van der Waals surface area contributed by atoms with Crippen LogP contribution in [0.4, 0.5) is 0 Å². The molecule has 5 nitrogen and oxygen atoms in total. The predicted octanol–water partition coefficient (Wildman–Crippen LogP) is 1.44. The summed E-state index contributed by atoms with van der Waals surface area (Å²) in [6, 6.07) is 6.22. The van der Waals surface area contributed by atoms with Gasteiger partial charge in [0.15, 0.2) is 0 Å². The van der Waals surface area contributed by atoms with Crippen molar-refractivity contribution in [2.45, 2.75) is 30.8 Å². The van der Waals surface area contributed by atoms with Gasteiger partial charge in [0.2, 0.25) is 10.0 Å². The maximum Gasteiger partial charge on any atom is 0.240 e. The van der Waals surface area contributed by atoms with Gasteiger partial charge in [-0.2, -0.15) is 0 Å². The quantitative estimate of drug-likeness (QED) is 0.712. The summed E-state index contributed by atoms with van der Waals surface area (Å²) in [6.07, 6.45) is 1.85. The van der Waals surface area contributed by atoms with Crippen LogP contribution in [0.5, 0.6) is 0 Å². The highest BCUT2D eigenvalue weighted by Crippen LogP contribution is 2.28. The first-order valence-corrected chi connectivity index (χ1v) is 8.33. The minimum Gasteiger partial charge on any atom is -0.389 e. The normalized spacial score (nSPS) is 17.1. The summed E-state index contributed by atoms with van der Waals surface area (Å²) < 4.78 is 31.9. The van der Waals surface area contributed by atoms with Crippen molar-refractivity contribution >= 4 is 10.0 Å². The fourth-order valence-electron chi connectivity index (χ4n) is 1.79. The number of hydrogen-bond donors (Lipinski definition) is 2. The van der Waals surface area contributed by atoms with E-state index < -0.39 is 16.1 Å². The lowest BCUT2D eigenvalue weighted by Crippen LogP contribution is -2.27. The van der Waals surface area contributed by atoms with Crippen molar-refractivity contribution in [2.24, 2.45) is 5.92 Å². The van der Waals surface area contributed by atoms with Gasteiger partial charge in [-0.1, -0.05) is 12.1 Å². The molecule has 0 aromatic heterocycles. The number of benzene rings is 1. The van der Waals surface area contributed by atoms with Gasteiger partial charge < -0.3 is 9.84 Å². The van der Waals surface area contributed by atoms with Crippen molar-refractivity contribution in [1.82, 2.24) is 4.72 Å². The second-order valence-electron chi connectivity index (χ2n) is 5.16. The van der Waals surface area contributed by atoms with Gasteiger partial charge in [-0.05, 0) is 43.4 Å². The topological polar surface area (TPSA) is 75.6 Å². The molecule has 0 heterocycles. The largest absolute Gasteiger partial charge is 0.389 e. The summed E-state index contributed by atoms with van der Waals surface area (Å²) in [5, 5.41) is 9.39. The minimum atomic E-state index is -3.50. The lowest BCUT2D eigenvalue weighted by molar-refractivity contribution is 0.129. The first-order valence-electron chi connectivity index (χ1n) is 6.84. The number of aliphatic hydroxyl groups is 1. The molecule has 1 unspecified atom stereocenters. The van der Waals surface area contributed by atoms with E-state index in [-0.39, 0.29) is 11.4 Å². The summed E-state index contributed by atoms with van der Waals surface area (Å²) in [4.78, 5) is 0.198. The second-order valence-corrected chi connectivity index (χ2v) is 6.93. The Morgan fingerprint density at radius 3 is 2.55 bits per heavy atom. The van der Waals surface area contributed by atoms with Crippen LogP contribution >= 0.6 is 0 Å². The van der Waals surface area contributed by atoms with Crippen LogP contribution < -0.4 is 4.72 Å². The van der Waals surface area contributed by atoms with E-state index in [0.29, 0.717) is 18.1 Å². The molecular weight excluding hydrogens is 278 g/mol. The van der Waals surface area contributed by atoms with Crippen molar-refractivity contribution in [3.8, 4) is 0 Å². The fraction of sp³-hybridized carbons (Fsp3) is 0.571. The zero-order chi connectivity index (χ0) is 14.6. The molecule has 2 rings (SSSR count). The Kier molecular flexibility index (Phi) is 5.15. The number of sulfonamides is 1. The number of aliphatic hydroxyl groups excluding tert-OH is 1. The van der Waals surface area contributed by atoms with E-state index in [1.54, 1.807) is 19.1 Å². The van der Waals surface area contributed by atoms with Gasteiger partial charge in [-0.3, -0.25) is 0 Å². The van der Waals surface area contributed by atoms with Crippen LogP contribution in [0.1, 0.15) is 31.4 Å². The molecule has 20 heavy (non-hydrogen) atoms. The van der Waals surface area contributed by atoms with E-state index in [4.69, 9.17) is 4.74 Å². The fourth-order valence-corrected chi connectivity index (χ4v) is 2.80. The third-order valence-corrected chi connectivity index (χ3v) is 4.74. The molecular formula is C14H21NO4S. The SMILES string of the molecule is CC(O)c1ccc(S(=O)(=O)NCCOCC2CC2)cc1. The van der Waals surface area contributed by atoms with Gasteiger partial charge in [-0.25, -0.2) is 13.1 Å². The first-order chi connectivity index (χ1) is 9.49. The summed E-state index contributed by atoms with van der Waals surface area (Å²) in [6.45, 7) is 3.03. The molecule has 0 aliphatic heterocycles. The van der Waals surface area contributed by atoms with Crippen LogP contribution in [-0.4, -0.2) is 33.3 Å². The summed E-state index contributed by atoms with van der Waals surface area (Å²) >= 11 is 0. The molecule has 0 bridgehead atoms. The van der Waals surface area contributed by atoms with Gasteiger partial charge in [0.05, 0.1) is 17.6 Å². The molecule has 0 radical (unpaired) electrons. The molecule has 1 aliphatic carbocycles. The Bertz CT molecular complexity index is 521. The third-order valence-electron chi connectivity index (χ3n) is 3.26. The molecule has 1 atom stereocenters. The van der Waals surface area contributed by atoms with Crippen LogP contribution in [0.2, 0.25) is 0 Å². The average molecular weight is 299 g/mol. The second kappa shape index (κ2) is 6.67. The predicted molar refractivity (Wildman–Crippen MR) is 75.8 cm³/mol. The zero-order valence-corrected chi connectivity index (χ0v) is 12.4. The number of hydrogen-bond acceptors (Lipinski definition) is 4. The summed E-state index contributed by atoms with van der Waals surface area (Å²) in [7, 11) is -3.50. The molecule has 1 aromatic rings. The van der Waals surface area contributed by atoms with Gasteiger partial charge in [0.1, 0.15) is 0 Å². The Balaban J connectivity index is 1.81. The van der Waals surface area contributed by atoms with Crippen LogP contribution in [0.15, 0.2) is 29.2 Å². The van der Waals surface area contributed by atoms with E-state index in [9.17, 15) is 13.5 Å². The molecule has 0 spiro atoms. The maximum atomic E-state index is 12.0. The van der Waals surface area contributed by atoms with Crippen molar-refractivity contribution in [3.63, 3.8) is 0 Å². The Hall–Kier alpha value is -0.950. The van der Waals surface area contributed by atoms with E-state index in [0.717, 1.165) is 6.61 Å². The van der Waals surface area contributed by atoms with Gasteiger partial charge in [-0.15, -0.1) is 0 Å². The van der Waals surface area contributed by atoms with Gasteiger partial charge in [0, 0.05) is 13.2 Å². The van der Waals surface area contributed by atoms with Crippen LogP contribution in [0.3, 0.4) is 0 Å². The number of nitrogens with one attached hydrogen (secondary N) is 1. The molecule has 0 amide bonds. The van der Waals surface area contributed by atoms with E-state index in [2.05, 4.69) is 4.72 Å². The average Bonchev–Trinajstić information content (AvgIpc) is 3.22. The molecule has 1 aliphatic rings. The molecule has 0 saturated heterocycles. The van der Waals surface area contributed by atoms with Gasteiger partial charge >= 0.3 is 0 Å². The van der Waals surface area contributed by atoms with E-state index >= 15 is 0 Å². The monoisotopic (exact) mass is 299 g/mol. The zero-order valence-electron chi connectivity index (χ0n) is 11.6. The van der Waals surface area contributed by atoms with Crippen LogP contribution in [0.25, 0.3) is 0 Å². The van der Waals surface area contributed by atoms with Crippen molar-refractivity contribution in [2.75, 3.05) is 19.8 Å². The molecule has 112 valence electrons. The smallest absolute Gasteiger partial charge is 0.240 e. The molecule has 2 N–H and O–H groups in total. The van der Waals surface area contributed by atoms with E-state index in [1.165, 1.54) is 25.0 Å². The highest BCUT2D eigenvalue weighted by atomic mass is 32.2. The Morgan fingerprint density at radius 1 is 1.35 bits per heavy atom. The lowest BCUT2D eigenvalue weighted by Gasteiger charge is -2.09. The van der Waals surface area contributed by atoms with Crippen molar-refractivity contribution < 1.29 is 18.3 Å². The molecule has 6 heteroatoms. The highest BCUT2D eigenvalue weighted by molar-refractivity contribution is 7.89. The highest BCUT2D eigenvalue weighted by Gasteiger charge is 2.21. The van der Waals surface area contributed by atoms with E-state index in [1.807, 2.05) is 0 Å². The van der Waals surface area contributed by atoms with Crippen molar-refractivity contribution in [1.29, 1.82) is 0 Å².